The van der Waals surface area contributed by atoms with Crippen LogP contribution in [0, 0.1) is 0 Å². The van der Waals surface area contributed by atoms with Gasteiger partial charge in [0.25, 0.3) is 0 Å². The molecule has 0 spiro atoms. The van der Waals surface area contributed by atoms with Gasteiger partial charge in [0.05, 0.1) is 5.75 Å². The van der Waals surface area contributed by atoms with Crippen LogP contribution in [0.25, 0.3) is 0 Å². The van der Waals surface area contributed by atoms with Crippen LogP contribution in [0.3, 0.4) is 0 Å². The Morgan fingerprint density at radius 2 is 1.95 bits per heavy atom. The van der Waals surface area contributed by atoms with Gasteiger partial charge in [0.15, 0.2) is 21.3 Å². The van der Waals surface area contributed by atoms with E-state index in [9.17, 15) is 8.42 Å². The van der Waals surface area contributed by atoms with Gasteiger partial charge >= 0.3 is 0 Å². The average Bonchev–Trinajstić information content (AvgIpc) is 3.01. The fourth-order valence-corrected chi connectivity index (χ4v) is 4.67. The first-order chi connectivity index (χ1) is 10.1. The van der Waals surface area contributed by atoms with Gasteiger partial charge in [-0.2, -0.15) is 0 Å². The van der Waals surface area contributed by atoms with E-state index in [2.05, 4.69) is 0 Å². The molecule has 7 heteroatoms. The zero-order valence-corrected chi connectivity index (χ0v) is 12.8. The summed E-state index contributed by atoms with van der Waals surface area (Å²) in [5, 5.41) is 1.74. The van der Waals surface area contributed by atoms with Crippen molar-refractivity contribution >= 4 is 21.2 Å². The Labute approximate surface area is 127 Å². The number of fused-ring (bicyclic) bond motifs is 1. The number of benzene rings is 1. The van der Waals surface area contributed by atoms with Gasteiger partial charge in [0, 0.05) is 6.04 Å². The Morgan fingerprint density at radius 1 is 1.19 bits per heavy atom. The topological polar surface area (TPSA) is 78.6 Å². The van der Waals surface area contributed by atoms with Crippen LogP contribution < -0.4 is 15.2 Å². The lowest BCUT2D eigenvalue weighted by Crippen LogP contribution is -2.22. The lowest BCUT2D eigenvalue weighted by atomic mass is 10.1. The van der Waals surface area contributed by atoms with Crippen molar-refractivity contribution < 1.29 is 17.9 Å². The molecular weight excluding hydrogens is 310 g/mol. The molecule has 2 aromatic rings. The third-order valence-corrected chi connectivity index (χ3v) is 6.45. The molecule has 1 aliphatic heterocycles. The molecule has 2 N–H and O–H groups in total. The lowest BCUT2D eigenvalue weighted by Gasteiger charge is -2.20. The predicted molar refractivity (Wildman–Crippen MR) is 80.7 cm³/mol. The predicted octanol–water partition coefficient (Wildman–Crippen LogP) is 1.99. The Bertz CT molecular complexity index is 725. The first kappa shape index (κ1) is 14.4. The molecule has 1 atom stereocenters. The summed E-state index contributed by atoms with van der Waals surface area (Å²) >= 11 is 1.20. The third kappa shape index (κ3) is 3.04. The maximum Gasteiger partial charge on any atom is 0.189 e. The summed E-state index contributed by atoms with van der Waals surface area (Å²) in [7, 11) is -3.36. The molecule has 0 bridgehead atoms. The normalized spacial score (nSPS) is 15.7. The van der Waals surface area contributed by atoms with Gasteiger partial charge in [-0.3, -0.25) is 0 Å². The van der Waals surface area contributed by atoms with E-state index in [4.69, 9.17) is 15.2 Å². The summed E-state index contributed by atoms with van der Waals surface area (Å²) in [6.45, 7) is 1.00. The van der Waals surface area contributed by atoms with Crippen molar-refractivity contribution in [3.8, 4) is 11.5 Å². The SMILES string of the molecule is NC(CS(=O)(=O)c1cccs1)c1ccc2c(c1)OCCO2. The first-order valence-electron chi connectivity index (χ1n) is 6.48. The van der Waals surface area contributed by atoms with Gasteiger partial charge in [-0.05, 0) is 29.1 Å². The van der Waals surface area contributed by atoms with Crippen molar-refractivity contribution in [3.05, 3.63) is 41.3 Å². The minimum atomic E-state index is -3.36. The molecule has 3 rings (SSSR count). The van der Waals surface area contributed by atoms with Crippen LogP contribution >= 0.6 is 11.3 Å². The van der Waals surface area contributed by atoms with E-state index < -0.39 is 15.9 Å². The van der Waals surface area contributed by atoms with E-state index in [-0.39, 0.29) is 5.75 Å². The van der Waals surface area contributed by atoms with Gasteiger partial charge in [-0.15, -0.1) is 11.3 Å². The van der Waals surface area contributed by atoms with E-state index in [1.165, 1.54) is 11.3 Å². The molecule has 2 heterocycles. The van der Waals surface area contributed by atoms with Gasteiger partial charge < -0.3 is 15.2 Å². The van der Waals surface area contributed by atoms with Crippen molar-refractivity contribution in [2.45, 2.75) is 10.3 Å². The highest BCUT2D eigenvalue weighted by Crippen LogP contribution is 2.33. The fraction of sp³-hybridized carbons (Fsp3) is 0.286. The van der Waals surface area contributed by atoms with Gasteiger partial charge in [0.1, 0.15) is 17.4 Å². The number of thiophene rings is 1. The molecule has 1 aliphatic rings. The standard InChI is InChI=1S/C14H15NO4S2/c15-11(9-21(16,17)14-2-1-7-20-14)10-3-4-12-13(8-10)19-6-5-18-12/h1-4,7-8,11H,5-6,9,15H2. The molecule has 1 unspecified atom stereocenters. The zero-order chi connectivity index (χ0) is 14.9. The zero-order valence-electron chi connectivity index (χ0n) is 11.2. The van der Waals surface area contributed by atoms with Crippen LogP contribution in [0.15, 0.2) is 39.9 Å². The van der Waals surface area contributed by atoms with Crippen molar-refractivity contribution in [2.75, 3.05) is 19.0 Å². The maximum absolute atomic E-state index is 12.2. The van der Waals surface area contributed by atoms with Crippen molar-refractivity contribution in [3.63, 3.8) is 0 Å². The molecule has 0 amide bonds. The molecular formula is C14H15NO4S2. The molecule has 21 heavy (non-hydrogen) atoms. The second-order valence-corrected chi connectivity index (χ2v) is 7.93. The van der Waals surface area contributed by atoms with E-state index in [0.717, 1.165) is 5.56 Å². The summed E-state index contributed by atoms with van der Waals surface area (Å²) in [5.41, 5.74) is 6.77. The number of hydrogen-bond donors (Lipinski definition) is 1. The van der Waals surface area contributed by atoms with E-state index >= 15 is 0 Å². The largest absolute Gasteiger partial charge is 0.486 e. The van der Waals surface area contributed by atoms with Crippen LogP contribution in [0.4, 0.5) is 0 Å². The Balaban J connectivity index is 1.81. The number of hydrogen-bond acceptors (Lipinski definition) is 6. The minimum absolute atomic E-state index is 0.132. The summed E-state index contributed by atoms with van der Waals surface area (Å²) in [4.78, 5) is 0. The molecule has 5 nitrogen and oxygen atoms in total. The highest BCUT2D eigenvalue weighted by molar-refractivity contribution is 7.93. The monoisotopic (exact) mass is 325 g/mol. The summed E-state index contributed by atoms with van der Waals surface area (Å²) in [6.07, 6.45) is 0. The summed E-state index contributed by atoms with van der Waals surface area (Å²) in [5.74, 6) is 1.15. The van der Waals surface area contributed by atoms with E-state index in [1.807, 2.05) is 0 Å². The second-order valence-electron chi connectivity index (χ2n) is 4.72. The Kier molecular flexibility index (Phi) is 3.88. The summed E-state index contributed by atoms with van der Waals surface area (Å²) < 4.78 is 35.7. The average molecular weight is 325 g/mol. The number of nitrogens with two attached hydrogens (primary N) is 1. The molecule has 0 saturated heterocycles. The number of rotatable bonds is 4. The minimum Gasteiger partial charge on any atom is -0.486 e. The molecule has 1 aromatic heterocycles. The molecule has 0 fully saturated rings. The lowest BCUT2D eigenvalue weighted by molar-refractivity contribution is 0.171. The molecule has 112 valence electrons. The van der Waals surface area contributed by atoms with Crippen LogP contribution in [0.5, 0.6) is 11.5 Å². The Hall–Kier alpha value is -1.57. The van der Waals surface area contributed by atoms with Gasteiger partial charge in [-0.1, -0.05) is 12.1 Å². The van der Waals surface area contributed by atoms with Crippen LogP contribution in [-0.4, -0.2) is 27.4 Å². The quantitative estimate of drug-likeness (QED) is 0.930. The molecule has 0 radical (unpaired) electrons. The van der Waals surface area contributed by atoms with Crippen molar-refractivity contribution in [1.29, 1.82) is 0 Å². The molecule has 1 aromatic carbocycles. The third-order valence-electron chi connectivity index (χ3n) is 3.19. The van der Waals surface area contributed by atoms with E-state index in [1.54, 1.807) is 35.7 Å². The van der Waals surface area contributed by atoms with Crippen LogP contribution in [-0.2, 0) is 9.84 Å². The smallest absolute Gasteiger partial charge is 0.189 e. The van der Waals surface area contributed by atoms with E-state index in [0.29, 0.717) is 28.9 Å². The van der Waals surface area contributed by atoms with Crippen LogP contribution in [0.2, 0.25) is 0 Å². The highest BCUT2D eigenvalue weighted by atomic mass is 32.2. The van der Waals surface area contributed by atoms with Gasteiger partial charge in [-0.25, -0.2) is 8.42 Å². The number of sulfone groups is 1. The summed E-state index contributed by atoms with van der Waals surface area (Å²) in [6, 6.07) is 8.00. The first-order valence-corrected chi connectivity index (χ1v) is 9.01. The van der Waals surface area contributed by atoms with Crippen molar-refractivity contribution in [2.24, 2.45) is 5.73 Å². The Morgan fingerprint density at radius 3 is 2.67 bits per heavy atom. The van der Waals surface area contributed by atoms with Crippen molar-refractivity contribution in [1.82, 2.24) is 0 Å². The highest BCUT2D eigenvalue weighted by Gasteiger charge is 2.22. The van der Waals surface area contributed by atoms with Gasteiger partial charge in [0.2, 0.25) is 0 Å². The molecule has 0 aliphatic carbocycles. The number of ether oxygens (including phenoxy) is 2. The fourth-order valence-electron chi connectivity index (χ4n) is 2.15. The van der Waals surface area contributed by atoms with Crippen LogP contribution in [0.1, 0.15) is 11.6 Å². The second kappa shape index (κ2) is 5.67. The maximum atomic E-state index is 12.2. The molecule has 0 saturated carbocycles.